The number of rotatable bonds is 2. The molecule has 0 saturated carbocycles. The summed E-state index contributed by atoms with van der Waals surface area (Å²) in [5.74, 6) is 0.210. The number of hydrogen-bond acceptors (Lipinski definition) is 3. The van der Waals surface area contributed by atoms with Crippen molar-refractivity contribution < 1.29 is 15.0 Å². The van der Waals surface area contributed by atoms with Crippen molar-refractivity contribution in [2.45, 2.75) is 52.4 Å². The normalized spacial score (nSPS) is 12.2. The highest BCUT2D eigenvalue weighted by atomic mass is 16.3. The fraction of sp³-hybridized carbons (Fsp3) is 0.381. The maximum Gasteiger partial charge on any atom is 0.193 e. The predicted octanol–water partition coefficient (Wildman–Crippen LogP) is 4.92. The number of ketones is 1. The molecule has 0 amide bonds. The Kier molecular flexibility index (Phi) is 4.49. The van der Waals surface area contributed by atoms with E-state index in [4.69, 9.17) is 0 Å². The van der Waals surface area contributed by atoms with E-state index in [-0.39, 0.29) is 28.1 Å². The molecule has 0 aliphatic carbocycles. The number of carbonyl (C=O) groups excluding carboxylic acids is 1. The summed E-state index contributed by atoms with van der Waals surface area (Å²) >= 11 is 0. The van der Waals surface area contributed by atoms with Gasteiger partial charge in [-0.3, -0.25) is 4.79 Å². The third-order valence-electron chi connectivity index (χ3n) is 4.11. The van der Waals surface area contributed by atoms with Gasteiger partial charge in [-0.15, -0.1) is 0 Å². The monoisotopic (exact) mass is 326 g/mol. The van der Waals surface area contributed by atoms with Crippen molar-refractivity contribution in [3.05, 3.63) is 58.7 Å². The molecule has 0 heterocycles. The summed E-state index contributed by atoms with van der Waals surface area (Å²) in [6.07, 6.45) is 0. The molecule has 3 heteroatoms. The lowest BCUT2D eigenvalue weighted by molar-refractivity contribution is 0.103. The summed E-state index contributed by atoms with van der Waals surface area (Å²) in [7, 11) is 0. The highest BCUT2D eigenvalue weighted by Crippen LogP contribution is 2.34. The number of benzene rings is 2. The molecular weight excluding hydrogens is 300 g/mol. The summed E-state index contributed by atoms with van der Waals surface area (Å²) in [5.41, 5.74) is 2.22. The van der Waals surface area contributed by atoms with Crippen LogP contribution in [-0.4, -0.2) is 16.0 Å². The van der Waals surface area contributed by atoms with E-state index in [1.165, 1.54) is 0 Å². The maximum atomic E-state index is 13.2. The van der Waals surface area contributed by atoms with Gasteiger partial charge in [0.2, 0.25) is 0 Å². The van der Waals surface area contributed by atoms with E-state index >= 15 is 0 Å². The Morgan fingerprint density at radius 1 is 0.708 bits per heavy atom. The van der Waals surface area contributed by atoms with Crippen LogP contribution in [0.5, 0.6) is 11.5 Å². The Morgan fingerprint density at radius 2 is 1.04 bits per heavy atom. The minimum absolute atomic E-state index is 0.0927. The van der Waals surface area contributed by atoms with Gasteiger partial charge >= 0.3 is 0 Å². The number of aromatic hydroxyl groups is 2. The maximum absolute atomic E-state index is 13.2. The van der Waals surface area contributed by atoms with Gasteiger partial charge in [0.1, 0.15) is 11.5 Å². The van der Waals surface area contributed by atoms with Crippen LogP contribution in [-0.2, 0) is 10.8 Å². The first-order valence-corrected chi connectivity index (χ1v) is 8.13. The molecule has 2 rings (SSSR count). The molecule has 3 nitrogen and oxygen atoms in total. The molecule has 0 aliphatic rings. The summed E-state index contributed by atoms with van der Waals surface area (Å²) in [4.78, 5) is 13.2. The second-order valence-corrected chi connectivity index (χ2v) is 8.29. The molecule has 2 N–H and O–H groups in total. The van der Waals surface area contributed by atoms with E-state index in [1.807, 2.05) is 41.5 Å². The lowest BCUT2D eigenvalue weighted by Crippen LogP contribution is -2.21. The zero-order valence-corrected chi connectivity index (χ0v) is 15.3. The average Bonchev–Trinajstić information content (AvgIpc) is 2.44. The number of carbonyl (C=O) groups is 1. The SMILES string of the molecule is CC(C)(C)c1cc(O)ccc1C(=O)c1ccc(O)cc1C(C)(C)C. The van der Waals surface area contributed by atoms with Gasteiger partial charge in [-0.2, -0.15) is 0 Å². The van der Waals surface area contributed by atoms with E-state index < -0.39 is 0 Å². The van der Waals surface area contributed by atoms with E-state index in [0.717, 1.165) is 11.1 Å². The van der Waals surface area contributed by atoms with Gasteiger partial charge in [-0.05, 0) is 58.4 Å². The second-order valence-electron chi connectivity index (χ2n) is 8.29. The van der Waals surface area contributed by atoms with Gasteiger partial charge in [-0.1, -0.05) is 41.5 Å². The van der Waals surface area contributed by atoms with Crippen LogP contribution in [0.2, 0.25) is 0 Å². The molecule has 0 atom stereocenters. The van der Waals surface area contributed by atoms with Crippen molar-refractivity contribution in [3.8, 4) is 11.5 Å². The van der Waals surface area contributed by atoms with Crippen molar-refractivity contribution in [1.29, 1.82) is 0 Å². The van der Waals surface area contributed by atoms with Crippen molar-refractivity contribution in [1.82, 2.24) is 0 Å². The summed E-state index contributed by atoms with van der Waals surface area (Å²) in [6, 6.07) is 9.75. The molecule has 0 aliphatic heterocycles. The largest absolute Gasteiger partial charge is 0.508 e. The second kappa shape index (κ2) is 5.97. The molecule has 128 valence electrons. The summed E-state index contributed by atoms with van der Waals surface area (Å²) in [5, 5.41) is 19.7. The van der Waals surface area contributed by atoms with Crippen LogP contribution >= 0.6 is 0 Å². The highest BCUT2D eigenvalue weighted by Gasteiger charge is 2.27. The predicted molar refractivity (Wildman–Crippen MR) is 97.0 cm³/mol. The molecular formula is C21H26O3. The molecule has 2 aromatic carbocycles. The molecule has 0 radical (unpaired) electrons. The third-order valence-corrected chi connectivity index (χ3v) is 4.11. The van der Waals surface area contributed by atoms with E-state index in [0.29, 0.717) is 11.1 Å². The van der Waals surface area contributed by atoms with Crippen LogP contribution in [0.3, 0.4) is 0 Å². The van der Waals surface area contributed by atoms with E-state index in [1.54, 1.807) is 36.4 Å². The van der Waals surface area contributed by atoms with Gasteiger partial charge < -0.3 is 10.2 Å². The Labute approximate surface area is 144 Å². The van der Waals surface area contributed by atoms with Crippen LogP contribution < -0.4 is 0 Å². The number of phenolic OH excluding ortho intramolecular Hbond substituents is 2. The van der Waals surface area contributed by atoms with Crippen molar-refractivity contribution >= 4 is 5.78 Å². The summed E-state index contributed by atoms with van der Waals surface area (Å²) in [6.45, 7) is 12.1. The fourth-order valence-corrected chi connectivity index (χ4v) is 2.85. The quantitative estimate of drug-likeness (QED) is 0.770. The first-order chi connectivity index (χ1) is 10.9. The van der Waals surface area contributed by atoms with Crippen LogP contribution in [0.25, 0.3) is 0 Å². The smallest absolute Gasteiger partial charge is 0.193 e. The van der Waals surface area contributed by atoms with Crippen LogP contribution in [0.15, 0.2) is 36.4 Å². The minimum Gasteiger partial charge on any atom is -0.508 e. The van der Waals surface area contributed by atoms with Crippen LogP contribution in [0.4, 0.5) is 0 Å². The lowest BCUT2D eigenvalue weighted by Gasteiger charge is -2.25. The zero-order chi connectivity index (χ0) is 18.3. The fourth-order valence-electron chi connectivity index (χ4n) is 2.85. The Morgan fingerprint density at radius 3 is 1.33 bits per heavy atom. The van der Waals surface area contributed by atoms with Crippen molar-refractivity contribution in [2.75, 3.05) is 0 Å². The molecule has 0 unspecified atom stereocenters. The number of hydrogen-bond donors (Lipinski definition) is 2. The topological polar surface area (TPSA) is 57.5 Å². The van der Waals surface area contributed by atoms with Gasteiger partial charge in [0, 0.05) is 11.1 Å². The van der Waals surface area contributed by atoms with E-state index in [9.17, 15) is 15.0 Å². The first kappa shape index (κ1) is 18.1. The lowest BCUT2D eigenvalue weighted by atomic mass is 9.78. The van der Waals surface area contributed by atoms with E-state index in [2.05, 4.69) is 0 Å². The molecule has 2 aromatic rings. The Hall–Kier alpha value is -2.29. The first-order valence-electron chi connectivity index (χ1n) is 8.13. The number of phenols is 2. The Balaban J connectivity index is 2.68. The van der Waals surface area contributed by atoms with Gasteiger partial charge in [0.25, 0.3) is 0 Å². The minimum atomic E-state index is -0.275. The molecule has 0 aromatic heterocycles. The standard InChI is InChI=1S/C21H26O3/c1-20(2,3)17-11-13(22)7-9-15(17)19(24)16-10-8-14(23)12-18(16)21(4,5)6/h7-12,22-23H,1-6H3. The molecule has 0 spiro atoms. The molecule has 24 heavy (non-hydrogen) atoms. The average molecular weight is 326 g/mol. The van der Waals surface area contributed by atoms with Crippen molar-refractivity contribution in [3.63, 3.8) is 0 Å². The highest BCUT2D eigenvalue weighted by molar-refractivity contribution is 6.11. The van der Waals surface area contributed by atoms with Gasteiger partial charge in [-0.25, -0.2) is 0 Å². The van der Waals surface area contributed by atoms with Crippen LogP contribution in [0, 0.1) is 0 Å². The van der Waals surface area contributed by atoms with Crippen LogP contribution in [0.1, 0.15) is 68.6 Å². The zero-order valence-electron chi connectivity index (χ0n) is 15.3. The van der Waals surface area contributed by atoms with Crippen molar-refractivity contribution in [2.24, 2.45) is 0 Å². The third kappa shape index (κ3) is 3.61. The van der Waals surface area contributed by atoms with Gasteiger partial charge in [0.15, 0.2) is 5.78 Å². The molecule has 0 fully saturated rings. The molecule has 0 bridgehead atoms. The molecule has 0 saturated heterocycles. The Bertz CT molecular complexity index is 709. The summed E-state index contributed by atoms with van der Waals surface area (Å²) < 4.78 is 0. The van der Waals surface area contributed by atoms with Gasteiger partial charge in [0.05, 0.1) is 0 Å².